The van der Waals surface area contributed by atoms with Crippen LogP contribution in [0.1, 0.15) is 43.2 Å². The highest BCUT2D eigenvalue weighted by Gasteiger charge is 2.13. The molecule has 6 nitrogen and oxygen atoms in total. The number of hydrogen-bond acceptors (Lipinski definition) is 5. The van der Waals surface area contributed by atoms with Crippen LogP contribution in [-0.4, -0.2) is 22.0 Å². The first-order valence-corrected chi connectivity index (χ1v) is 9.44. The molecule has 1 aromatic heterocycles. The van der Waals surface area contributed by atoms with Gasteiger partial charge in [0.15, 0.2) is 0 Å². The van der Waals surface area contributed by atoms with E-state index in [1.807, 2.05) is 38.1 Å². The Hall–Kier alpha value is -3.06. The zero-order chi connectivity index (χ0) is 19.2. The third kappa shape index (κ3) is 4.98. The van der Waals surface area contributed by atoms with Crippen molar-refractivity contribution < 1.29 is 9.59 Å². The summed E-state index contributed by atoms with van der Waals surface area (Å²) in [6, 6.07) is 14.8. The number of hydrogen-bond donors (Lipinski definition) is 2. The number of aromatic nitrogens is 2. The Morgan fingerprint density at radius 2 is 1.67 bits per heavy atom. The lowest BCUT2D eigenvalue weighted by Crippen LogP contribution is -2.22. The first kappa shape index (κ1) is 18.7. The fourth-order valence-corrected chi connectivity index (χ4v) is 3.04. The molecule has 1 heterocycles. The summed E-state index contributed by atoms with van der Waals surface area (Å²) < 4.78 is 0. The maximum absolute atomic E-state index is 12.3. The lowest BCUT2D eigenvalue weighted by atomic mass is 10.1. The maximum atomic E-state index is 12.3. The van der Waals surface area contributed by atoms with E-state index in [-0.39, 0.29) is 11.8 Å². The summed E-state index contributed by atoms with van der Waals surface area (Å²) in [4.78, 5) is 24.4. The fourth-order valence-electron chi connectivity index (χ4n) is 2.37. The zero-order valence-corrected chi connectivity index (χ0v) is 16.0. The van der Waals surface area contributed by atoms with Crippen LogP contribution < -0.4 is 10.6 Å². The molecule has 27 heavy (non-hydrogen) atoms. The van der Waals surface area contributed by atoms with Crippen LogP contribution in [0.2, 0.25) is 0 Å². The first-order valence-electron chi connectivity index (χ1n) is 8.62. The van der Waals surface area contributed by atoms with Crippen LogP contribution in [0, 0.1) is 6.92 Å². The molecular formula is C20H20N4O2S. The van der Waals surface area contributed by atoms with Crippen molar-refractivity contribution in [1.82, 2.24) is 15.5 Å². The number of amides is 2. The molecule has 2 amide bonds. The zero-order valence-electron chi connectivity index (χ0n) is 15.2. The summed E-state index contributed by atoms with van der Waals surface area (Å²) in [5, 5.41) is 14.6. The number of benzene rings is 2. The molecule has 0 aliphatic heterocycles. The second-order valence-electron chi connectivity index (χ2n) is 6.05. The summed E-state index contributed by atoms with van der Waals surface area (Å²) >= 11 is 1.28. The Kier molecular flexibility index (Phi) is 5.93. The Bertz CT molecular complexity index is 933. The molecular weight excluding hydrogens is 360 g/mol. The monoisotopic (exact) mass is 380 g/mol. The summed E-state index contributed by atoms with van der Waals surface area (Å²) in [5.74, 6) is -0.464. The van der Waals surface area contributed by atoms with Crippen molar-refractivity contribution in [3.63, 3.8) is 0 Å². The van der Waals surface area contributed by atoms with E-state index in [1.54, 1.807) is 24.3 Å². The smallest absolute Gasteiger partial charge is 0.286 e. The van der Waals surface area contributed by atoms with Gasteiger partial charge in [0.1, 0.15) is 5.01 Å². The third-order valence-corrected chi connectivity index (χ3v) is 5.01. The van der Waals surface area contributed by atoms with Gasteiger partial charge in [-0.2, -0.15) is 0 Å². The molecule has 0 fully saturated rings. The SMILES string of the molecule is CCc1nnc(C(=O)Nc2ccc(C(=O)NCc3ccc(C)cc3)cc2)s1. The van der Waals surface area contributed by atoms with Gasteiger partial charge in [-0.15, -0.1) is 10.2 Å². The molecule has 0 atom stereocenters. The number of anilines is 1. The molecule has 0 saturated heterocycles. The van der Waals surface area contributed by atoms with E-state index >= 15 is 0 Å². The van der Waals surface area contributed by atoms with Crippen LogP contribution >= 0.6 is 11.3 Å². The van der Waals surface area contributed by atoms with Crippen molar-refractivity contribution in [2.75, 3.05) is 5.32 Å². The molecule has 0 aliphatic carbocycles. The van der Waals surface area contributed by atoms with E-state index in [4.69, 9.17) is 0 Å². The average Bonchev–Trinajstić information content (AvgIpc) is 3.17. The van der Waals surface area contributed by atoms with Crippen LogP contribution in [0.4, 0.5) is 5.69 Å². The highest BCUT2D eigenvalue weighted by Crippen LogP contribution is 2.15. The van der Waals surface area contributed by atoms with Crippen LogP contribution in [0.3, 0.4) is 0 Å². The van der Waals surface area contributed by atoms with Crippen molar-refractivity contribution in [3.8, 4) is 0 Å². The molecule has 0 radical (unpaired) electrons. The van der Waals surface area contributed by atoms with Gasteiger partial charge in [0.25, 0.3) is 11.8 Å². The van der Waals surface area contributed by atoms with Crippen molar-refractivity contribution >= 4 is 28.8 Å². The fraction of sp³-hybridized carbons (Fsp3) is 0.200. The second kappa shape index (κ2) is 8.55. The highest BCUT2D eigenvalue weighted by atomic mass is 32.1. The topological polar surface area (TPSA) is 84.0 Å². The molecule has 0 saturated carbocycles. The lowest BCUT2D eigenvalue weighted by molar-refractivity contribution is 0.0950. The Balaban J connectivity index is 1.56. The summed E-state index contributed by atoms with van der Waals surface area (Å²) in [5.41, 5.74) is 3.36. The summed E-state index contributed by atoms with van der Waals surface area (Å²) in [7, 11) is 0. The molecule has 0 bridgehead atoms. The number of aryl methyl sites for hydroxylation is 2. The number of nitrogens with zero attached hydrogens (tertiary/aromatic N) is 2. The molecule has 7 heteroatoms. The molecule has 0 aliphatic rings. The molecule has 3 rings (SSSR count). The van der Waals surface area contributed by atoms with E-state index in [1.165, 1.54) is 16.9 Å². The van der Waals surface area contributed by atoms with Gasteiger partial charge in [0.05, 0.1) is 0 Å². The maximum Gasteiger partial charge on any atom is 0.286 e. The van der Waals surface area contributed by atoms with Gasteiger partial charge in [0.2, 0.25) is 5.01 Å². The summed E-state index contributed by atoms with van der Waals surface area (Å²) in [6.45, 7) is 4.45. The van der Waals surface area contributed by atoms with Crippen molar-refractivity contribution in [3.05, 3.63) is 75.2 Å². The van der Waals surface area contributed by atoms with E-state index < -0.39 is 0 Å². The number of carbonyl (C=O) groups excluding carboxylic acids is 2. The van der Waals surface area contributed by atoms with Crippen LogP contribution in [0.25, 0.3) is 0 Å². The van der Waals surface area contributed by atoms with Gasteiger partial charge < -0.3 is 10.6 Å². The Labute approximate surface area is 161 Å². The normalized spacial score (nSPS) is 10.4. The molecule has 2 N–H and O–H groups in total. The quantitative estimate of drug-likeness (QED) is 0.684. The first-order chi connectivity index (χ1) is 13.0. The van der Waals surface area contributed by atoms with Crippen LogP contribution in [0.15, 0.2) is 48.5 Å². The van der Waals surface area contributed by atoms with Crippen LogP contribution in [-0.2, 0) is 13.0 Å². The number of nitrogens with one attached hydrogen (secondary N) is 2. The minimum Gasteiger partial charge on any atom is -0.348 e. The average molecular weight is 380 g/mol. The van der Waals surface area contributed by atoms with Gasteiger partial charge in [-0.25, -0.2) is 0 Å². The largest absolute Gasteiger partial charge is 0.348 e. The van der Waals surface area contributed by atoms with E-state index in [2.05, 4.69) is 20.8 Å². The summed E-state index contributed by atoms with van der Waals surface area (Å²) in [6.07, 6.45) is 0.747. The predicted octanol–water partition coefficient (Wildman–Crippen LogP) is 3.59. The van der Waals surface area contributed by atoms with E-state index in [0.717, 1.165) is 17.0 Å². The van der Waals surface area contributed by atoms with Crippen LogP contribution in [0.5, 0.6) is 0 Å². The van der Waals surface area contributed by atoms with Gasteiger partial charge in [-0.05, 0) is 43.2 Å². The molecule has 138 valence electrons. The Morgan fingerprint density at radius 3 is 2.30 bits per heavy atom. The third-order valence-electron chi connectivity index (χ3n) is 3.94. The predicted molar refractivity (Wildman–Crippen MR) is 106 cm³/mol. The minimum absolute atomic E-state index is 0.162. The molecule has 3 aromatic rings. The molecule has 2 aromatic carbocycles. The minimum atomic E-state index is -0.302. The standard InChI is InChI=1S/C20H20N4O2S/c1-3-17-23-24-20(27-17)19(26)22-16-10-8-15(9-11-16)18(25)21-12-14-6-4-13(2)5-7-14/h4-11H,3,12H2,1-2H3,(H,21,25)(H,22,26). The van der Waals surface area contributed by atoms with Gasteiger partial charge in [0, 0.05) is 17.8 Å². The lowest BCUT2D eigenvalue weighted by Gasteiger charge is -2.07. The number of rotatable bonds is 6. The molecule has 0 unspecified atom stereocenters. The van der Waals surface area contributed by atoms with E-state index in [9.17, 15) is 9.59 Å². The second-order valence-corrected chi connectivity index (χ2v) is 7.12. The highest BCUT2D eigenvalue weighted by molar-refractivity contribution is 7.13. The van der Waals surface area contributed by atoms with Gasteiger partial charge >= 0.3 is 0 Å². The van der Waals surface area contributed by atoms with Gasteiger partial charge in [-0.1, -0.05) is 48.1 Å². The van der Waals surface area contributed by atoms with Crippen molar-refractivity contribution in [1.29, 1.82) is 0 Å². The Morgan fingerprint density at radius 1 is 0.963 bits per heavy atom. The number of carbonyl (C=O) groups is 2. The molecule has 0 spiro atoms. The van der Waals surface area contributed by atoms with E-state index in [0.29, 0.717) is 22.8 Å². The van der Waals surface area contributed by atoms with Crippen molar-refractivity contribution in [2.45, 2.75) is 26.8 Å². The van der Waals surface area contributed by atoms with Crippen molar-refractivity contribution in [2.24, 2.45) is 0 Å². The van der Waals surface area contributed by atoms with Gasteiger partial charge in [-0.3, -0.25) is 9.59 Å².